The van der Waals surface area contributed by atoms with Gasteiger partial charge in [-0.25, -0.2) is 8.78 Å². The van der Waals surface area contributed by atoms with E-state index in [1.165, 1.54) is 17.7 Å². The molecule has 0 fully saturated rings. The predicted molar refractivity (Wildman–Crippen MR) is 100 cm³/mol. The van der Waals surface area contributed by atoms with Crippen LogP contribution in [-0.2, 0) is 18.8 Å². The van der Waals surface area contributed by atoms with Crippen molar-refractivity contribution in [2.45, 2.75) is 23.7 Å². The maximum absolute atomic E-state index is 14.4. The van der Waals surface area contributed by atoms with Gasteiger partial charge < -0.3 is 5.32 Å². The number of rotatable bonds is 4. The highest BCUT2D eigenvalue weighted by molar-refractivity contribution is 7.99. The van der Waals surface area contributed by atoms with Crippen molar-refractivity contribution in [3.8, 4) is 0 Å². The van der Waals surface area contributed by atoms with E-state index in [2.05, 4.69) is 5.32 Å². The molecule has 24 heavy (non-hydrogen) atoms. The lowest BCUT2D eigenvalue weighted by atomic mass is 10.0. The summed E-state index contributed by atoms with van der Waals surface area (Å²) in [7, 11) is 0. The summed E-state index contributed by atoms with van der Waals surface area (Å²) in [6.45, 7) is 1.77. The van der Waals surface area contributed by atoms with Crippen LogP contribution in [0.25, 0.3) is 0 Å². The summed E-state index contributed by atoms with van der Waals surface area (Å²) >= 11 is 7.47. The van der Waals surface area contributed by atoms with Crippen molar-refractivity contribution in [2.24, 2.45) is 0 Å². The van der Waals surface area contributed by atoms with Gasteiger partial charge in [0.15, 0.2) is 0 Å². The molecular weight excluding hydrogens is 371 g/mol. The van der Waals surface area contributed by atoms with E-state index in [1.54, 1.807) is 18.2 Å². The fourth-order valence-corrected chi connectivity index (χ4v) is 4.24. The smallest absolute Gasteiger partial charge is 0.282 e. The molecule has 2 aromatic carbocycles. The van der Waals surface area contributed by atoms with E-state index in [1.807, 2.05) is 12.1 Å². The van der Waals surface area contributed by atoms with Crippen molar-refractivity contribution in [1.82, 2.24) is 5.32 Å². The van der Waals surface area contributed by atoms with Gasteiger partial charge in [-0.3, -0.25) is 0 Å². The van der Waals surface area contributed by atoms with Gasteiger partial charge in [0.1, 0.15) is 0 Å². The Morgan fingerprint density at radius 2 is 1.75 bits per heavy atom. The molecule has 0 aliphatic carbocycles. The monoisotopic (exact) mass is 389 g/mol. The number of halogens is 4. The van der Waals surface area contributed by atoms with Crippen LogP contribution in [0.4, 0.5) is 8.78 Å². The zero-order valence-corrected chi connectivity index (χ0v) is 15.4. The molecule has 0 atom stereocenters. The zero-order chi connectivity index (χ0) is 16.3. The number of fused-ring (bicyclic) bond motifs is 1. The molecule has 0 radical (unpaired) electrons. The number of thioether (sulfide) groups is 1. The number of alkyl halides is 2. The largest absolute Gasteiger partial charge is 0.316 e. The number of benzene rings is 2. The summed E-state index contributed by atoms with van der Waals surface area (Å²) < 4.78 is 28.8. The van der Waals surface area contributed by atoms with Crippen LogP contribution in [0, 0.1) is 0 Å². The minimum Gasteiger partial charge on any atom is -0.316 e. The molecule has 6 heteroatoms. The summed E-state index contributed by atoms with van der Waals surface area (Å²) in [6.07, 6.45) is 1.74. The fourth-order valence-electron chi connectivity index (χ4n) is 2.79. The topological polar surface area (TPSA) is 12.0 Å². The Kier molecular flexibility index (Phi) is 6.93. The highest BCUT2D eigenvalue weighted by Crippen LogP contribution is 2.39. The van der Waals surface area contributed by atoms with Crippen molar-refractivity contribution >= 4 is 35.8 Å². The van der Waals surface area contributed by atoms with Gasteiger partial charge >= 0.3 is 0 Å². The Hall–Kier alpha value is -0.810. The van der Waals surface area contributed by atoms with Gasteiger partial charge in [-0.15, -0.1) is 24.2 Å². The third kappa shape index (κ3) is 4.42. The first-order valence-corrected chi connectivity index (χ1v) is 9.01. The van der Waals surface area contributed by atoms with Gasteiger partial charge in [0, 0.05) is 10.5 Å². The van der Waals surface area contributed by atoms with E-state index in [-0.39, 0.29) is 23.7 Å². The van der Waals surface area contributed by atoms with E-state index in [9.17, 15) is 8.78 Å². The number of hydrogen-bond acceptors (Lipinski definition) is 2. The van der Waals surface area contributed by atoms with Crippen LogP contribution < -0.4 is 5.32 Å². The molecule has 0 saturated carbocycles. The maximum Gasteiger partial charge on any atom is 0.282 e. The molecule has 0 amide bonds. The van der Waals surface area contributed by atoms with Crippen molar-refractivity contribution in [3.05, 3.63) is 64.2 Å². The first kappa shape index (κ1) is 19.5. The average Bonchev–Trinajstić information content (AvgIpc) is 2.80. The molecule has 0 unspecified atom stereocenters. The quantitative estimate of drug-likeness (QED) is 0.708. The van der Waals surface area contributed by atoms with E-state index in [0.29, 0.717) is 5.02 Å². The Morgan fingerprint density at radius 3 is 2.50 bits per heavy atom. The minimum atomic E-state index is -2.87. The molecule has 1 aliphatic heterocycles. The number of nitrogens with one attached hydrogen (secondary N) is 1. The minimum absolute atomic E-state index is 0. The molecule has 0 saturated heterocycles. The Balaban J connectivity index is 0.00000208. The third-order valence-corrected chi connectivity index (χ3v) is 5.72. The fraction of sp³-hybridized carbons (Fsp3) is 0.333. The van der Waals surface area contributed by atoms with Crippen molar-refractivity contribution in [3.63, 3.8) is 0 Å². The molecule has 0 spiro atoms. The Labute approximate surface area is 156 Å². The normalized spacial score (nSPS) is 14.5. The summed E-state index contributed by atoms with van der Waals surface area (Å²) in [5, 5.41) is 3.91. The summed E-state index contributed by atoms with van der Waals surface area (Å²) in [5.41, 5.74) is 2.38. The van der Waals surface area contributed by atoms with Gasteiger partial charge in [0.2, 0.25) is 0 Å². The molecule has 1 N–H and O–H groups in total. The van der Waals surface area contributed by atoms with E-state index < -0.39 is 5.92 Å². The molecule has 1 aliphatic rings. The Bertz CT molecular complexity index is 680. The summed E-state index contributed by atoms with van der Waals surface area (Å²) in [5.74, 6) is -3.18. The van der Waals surface area contributed by atoms with Crippen LogP contribution in [0.1, 0.15) is 16.7 Å². The summed E-state index contributed by atoms with van der Waals surface area (Å²) in [4.78, 5) is 0.809. The first-order chi connectivity index (χ1) is 11.1. The summed E-state index contributed by atoms with van der Waals surface area (Å²) in [6, 6.07) is 11.8. The highest BCUT2D eigenvalue weighted by atomic mass is 35.5. The molecule has 1 nitrogen and oxygen atoms in total. The SMILES string of the molecule is Cl.FC(F)(CSc1c(Cl)ccc2c1CCNCC2)c1ccccc1. The van der Waals surface area contributed by atoms with E-state index >= 15 is 0 Å². The highest BCUT2D eigenvalue weighted by Gasteiger charge is 2.32. The van der Waals surface area contributed by atoms with Gasteiger partial charge in [0.25, 0.3) is 5.92 Å². The molecule has 0 bridgehead atoms. The molecular formula is C18H19Cl2F2NS. The zero-order valence-electron chi connectivity index (χ0n) is 13.0. The van der Waals surface area contributed by atoms with Crippen molar-refractivity contribution in [2.75, 3.05) is 18.8 Å². The molecule has 1 heterocycles. The second-order valence-electron chi connectivity index (χ2n) is 5.62. The average molecular weight is 390 g/mol. The van der Waals surface area contributed by atoms with Crippen LogP contribution in [0.3, 0.4) is 0 Å². The number of hydrogen-bond donors (Lipinski definition) is 1. The van der Waals surface area contributed by atoms with Crippen LogP contribution in [-0.4, -0.2) is 18.8 Å². The Morgan fingerprint density at radius 1 is 1.04 bits per heavy atom. The van der Waals surface area contributed by atoms with Crippen LogP contribution in [0.5, 0.6) is 0 Å². The van der Waals surface area contributed by atoms with Gasteiger partial charge in [-0.05, 0) is 43.1 Å². The van der Waals surface area contributed by atoms with Crippen molar-refractivity contribution < 1.29 is 8.78 Å². The van der Waals surface area contributed by atoms with Gasteiger partial charge in [0.05, 0.1) is 10.8 Å². The second-order valence-corrected chi connectivity index (χ2v) is 7.02. The van der Waals surface area contributed by atoms with Gasteiger partial charge in [-0.2, -0.15) is 0 Å². The standard InChI is InChI=1S/C18H18ClF2NS.ClH/c19-16-7-6-13-8-10-22-11-9-15(13)17(16)23-12-18(20,21)14-4-2-1-3-5-14;/h1-7,22H,8-12H2;1H. The third-order valence-electron chi connectivity index (χ3n) is 4.03. The van der Waals surface area contributed by atoms with E-state index in [0.717, 1.165) is 48.2 Å². The van der Waals surface area contributed by atoms with Crippen LogP contribution in [0.15, 0.2) is 47.4 Å². The predicted octanol–water partition coefficient (Wildman–Crippen LogP) is 5.33. The molecule has 0 aromatic heterocycles. The lowest BCUT2D eigenvalue weighted by molar-refractivity contribution is 0.0232. The molecule has 2 aromatic rings. The maximum atomic E-state index is 14.4. The lowest BCUT2D eigenvalue weighted by Gasteiger charge is -2.19. The van der Waals surface area contributed by atoms with Crippen LogP contribution >= 0.6 is 35.8 Å². The van der Waals surface area contributed by atoms with Gasteiger partial charge in [-0.1, -0.05) is 48.0 Å². The lowest BCUT2D eigenvalue weighted by Crippen LogP contribution is -2.17. The second kappa shape index (κ2) is 8.52. The van der Waals surface area contributed by atoms with Crippen molar-refractivity contribution in [1.29, 1.82) is 0 Å². The van der Waals surface area contributed by atoms with Crippen LogP contribution in [0.2, 0.25) is 5.02 Å². The molecule has 130 valence electrons. The first-order valence-electron chi connectivity index (χ1n) is 7.65. The molecule has 3 rings (SSSR count). The van der Waals surface area contributed by atoms with E-state index in [4.69, 9.17) is 11.6 Å².